The Kier molecular flexibility index (Phi) is 4.40. The molecule has 25 heavy (non-hydrogen) atoms. The standard InChI is InChI=1S/C18H22N4O3/c1-12-10-22(6-7-24-12)16-5-2-13(8-19-16)9-20-18(23)15-11-25-21-17(15)14-3-4-14/h2,5,8,11-12,14H,3-4,6-7,9-10H2,1H3,(H,20,23). The predicted octanol–water partition coefficient (Wildman–Crippen LogP) is 2.10. The molecule has 0 spiro atoms. The molecule has 4 rings (SSSR count). The largest absolute Gasteiger partial charge is 0.375 e. The smallest absolute Gasteiger partial charge is 0.256 e. The number of pyridine rings is 1. The SMILES string of the molecule is CC1CN(c2ccc(CNC(=O)c3conc3C3CC3)cn2)CCO1. The molecule has 1 atom stereocenters. The second-order valence-electron chi connectivity index (χ2n) is 6.72. The molecule has 1 N–H and O–H groups in total. The van der Waals surface area contributed by atoms with Crippen molar-refractivity contribution in [1.29, 1.82) is 0 Å². The van der Waals surface area contributed by atoms with Crippen LogP contribution in [-0.4, -0.2) is 41.8 Å². The van der Waals surface area contributed by atoms with Gasteiger partial charge in [-0.1, -0.05) is 11.2 Å². The van der Waals surface area contributed by atoms with Crippen LogP contribution < -0.4 is 10.2 Å². The summed E-state index contributed by atoms with van der Waals surface area (Å²) in [5.74, 6) is 1.19. The van der Waals surface area contributed by atoms with E-state index in [1.54, 1.807) is 0 Å². The van der Waals surface area contributed by atoms with Gasteiger partial charge in [-0.3, -0.25) is 4.79 Å². The highest BCUT2D eigenvalue weighted by Gasteiger charge is 2.31. The van der Waals surface area contributed by atoms with Gasteiger partial charge in [0, 0.05) is 31.7 Å². The first-order valence-electron chi connectivity index (χ1n) is 8.74. The molecule has 0 aromatic carbocycles. The molecule has 1 aliphatic heterocycles. The average molecular weight is 342 g/mol. The van der Waals surface area contributed by atoms with Gasteiger partial charge in [0.1, 0.15) is 17.6 Å². The maximum absolute atomic E-state index is 12.3. The van der Waals surface area contributed by atoms with Gasteiger partial charge in [0.15, 0.2) is 0 Å². The minimum atomic E-state index is -0.144. The van der Waals surface area contributed by atoms with Gasteiger partial charge in [-0.25, -0.2) is 4.98 Å². The minimum absolute atomic E-state index is 0.144. The summed E-state index contributed by atoms with van der Waals surface area (Å²) in [5, 5.41) is 6.88. The summed E-state index contributed by atoms with van der Waals surface area (Å²) in [5.41, 5.74) is 2.30. The molecule has 2 aliphatic rings. The summed E-state index contributed by atoms with van der Waals surface area (Å²) in [6.07, 6.45) is 5.63. The number of hydrogen-bond donors (Lipinski definition) is 1. The topological polar surface area (TPSA) is 80.5 Å². The molecule has 2 fully saturated rings. The summed E-state index contributed by atoms with van der Waals surface area (Å²) >= 11 is 0. The zero-order chi connectivity index (χ0) is 17.2. The van der Waals surface area contributed by atoms with Crippen LogP contribution >= 0.6 is 0 Å². The van der Waals surface area contributed by atoms with Crippen LogP contribution in [0.5, 0.6) is 0 Å². The monoisotopic (exact) mass is 342 g/mol. The quantitative estimate of drug-likeness (QED) is 0.896. The Balaban J connectivity index is 1.35. The number of aromatic nitrogens is 2. The molecule has 1 saturated heterocycles. The number of rotatable bonds is 5. The Hall–Kier alpha value is -2.41. The zero-order valence-electron chi connectivity index (χ0n) is 14.3. The molecular formula is C18H22N4O3. The van der Waals surface area contributed by atoms with Gasteiger partial charge in [0.25, 0.3) is 5.91 Å². The number of anilines is 1. The highest BCUT2D eigenvalue weighted by Crippen LogP contribution is 2.40. The van der Waals surface area contributed by atoms with Crippen LogP contribution in [0.4, 0.5) is 5.82 Å². The number of carbonyl (C=O) groups is 1. The first-order valence-corrected chi connectivity index (χ1v) is 8.74. The first kappa shape index (κ1) is 16.1. The lowest BCUT2D eigenvalue weighted by molar-refractivity contribution is 0.0529. The van der Waals surface area contributed by atoms with Gasteiger partial charge < -0.3 is 19.5 Å². The zero-order valence-corrected chi connectivity index (χ0v) is 14.3. The molecule has 3 heterocycles. The fourth-order valence-electron chi connectivity index (χ4n) is 3.08. The minimum Gasteiger partial charge on any atom is -0.375 e. The highest BCUT2D eigenvalue weighted by atomic mass is 16.5. The van der Waals surface area contributed by atoms with E-state index in [1.807, 2.05) is 18.3 Å². The maximum Gasteiger partial charge on any atom is 0.256 e. The Bertz CT molecular complexity index is 739. The van der Waals surface area contributed by atoms with Crippen LogP contribution in [0, 0.1) is 0 Å². The summed E-state index contributed by atoms with van der Waals surface area (Å²) in [7, 11) is 0. The summed E-state index contributed by atoms with van der Waals surface area (Å²) in [6, 6.07) is 3.99. The van der Waals surface area contributed by atoms with Crippen LogP contribution in [0.3, 0.4) is 0 Å². The summed E-state index contributed by atoms with van der Waals surface area (Å²) < 4.78 is 10.5. The van der Waals surface area contributed by atoms with Crippen LogP contribution in [-0.2, 0) is 11.3 Å². The van der Waals surface area contributed by atoms with Gasteiger partial charge >= 0.3 is 0 Å². The lowest BCUT2D eigenvalue weighted by Crippen LogP contribution is -2.41. The van der Waals surface area contributed by atoms with Crippen molar-refractivity contribution >= 4 is 11.7 Å². The van der Waals surface area contributed by atoms with E-state index >= 15 is 0 Å². The fourth-order valence-corrected chi connectivity index (χ4v) is 3.08. The molecule has 7 heteroatoms. The number of nitrogens with one attached hydrogen (secondary N) is 1. The van der Waals surface area contributed by atoms with Gasteiger partial charge in [-0.05, 0) is 31.4 Å². The molecule has 0 radical (unpaired) electrons. The van der Waals surface area contributed by atoms with Crippen LogP contribution in [0.1, 0.15) is 47.3 Å². The normalized spacial score (nSPS) is 20.5. The Morgan fingerprint density at radius 2 is 2.28 bits per heavy atom. The van der Waals surface area contributed by atoms with Gasteiger partial charge in [-0.15, -0.1) is 0 Å². The number of amides is 1. The number of hydrogen-bond acceptors (Lipinski definition) is 6. The molecular weight excluding hydrogens is 320 g/mol. The van der Waals surface area contributed by atoms with Crippen molar-refractivity contribution in [1.82, 2.24) is 15.5 Å². The van der Waals surface area contributed by atoms with Gasteiger partial charge in [-0.2, -0.15) is 0 Å². The lowest BCUT2D eigenvalue weighted by atomic mass is 10.1. The van der Waals surface area contributed by atoms with Crippen molar-refractivity contribution < 1.29 is 14.1 Å². The molecule has 1 amide bonds. The van der Waals surface area contributed by atoms with Gasteiger partial charge in [0.05, 0.1) is 18.4 Å². The van der Waals surface area contributed by atoms with E-state index in [0.29, 0.717) is 18.0 Å². The van der Waals surface area contributed by atoms with Crippen molar-refractivity contribution in [2.24, 2.45) is 0 Å². The third-order valence-electron chi connectivity index (χ3n) is 4.63. The van der Waals surface area contributed by atoms with E-state index < -0.39 is 0 Å². The van der Waals surface area contributed by atoms with Gasteiger partial charge in [0.2, 0.25) is 0 Å². The lowest BCUT2D eigenvalue weighted by Gasteiger charge is -2.32. The Morgan fingerprint density at radius 1 is 1.40 bits per heavy atom. The second kappa shape index (κ2) is 6.84. The van der Waals surface area contributed by atoms with E-state index in [1.165, 1.54) is 6.26 Å². The van der Waals surface area contributed by atoms with Crippen LogP contribution in [0.25, 0.3) is 0 Å². The third-order valence-corrected chi connectivity index (χ3v) is 4.63. The third kappa shape index (κ3) is 3.66. The number of ether oxygens (including phenoxy) is 1. The van der Waals surface area contributed by atoms with Crippen molar-refractivity contribution in [3.63, 3.8) is 0 Å². The predicted molar refractivity (Wildman–Crippen MR) is 91.5 cm³/mol. The first-order chi connectivity index (χ1) is 12.2. The molecule has 0 bridgehead atoms. The van der Waals surface area contributed by atoms with Crippen molar-refractivity contribution in [3.8, 4) is 0 Å². The average Bonchev–Trinajstić information content (AvgIpc) is 3.36. The number of carbonyl (C=O) groups excluding carboxylic acids is 1. The van der Waals surface area contributed by atoms with E-state index in [-0.39, 0.29) is 12.0 Å². The summed E-state index contributed by atoms with van der Waals surface area (Å²) in [6.45, 7) is 4.92. The number of nitrogens with zero attached hydrogens (tertiary/aromatic N) is 3. The van der Waals surface area contributed by atoms with Crippen molar-refractivity contribution in [3.05, 3.63) is 41.4 Å². The van der Waals surface area contributed by atoms with E-state index in [2.05, 4.69) is 27.3 Å². The van der Waals surface area contributed by atoms with Crippen molar-refractivity contribution in [2.75, 3.05) is 24.6 Å². The van der Waals surface area contributed by atoms with Crippen molar-refractivity contribution in [2.45, 2.75) is 38.3 Å². The Labute approximate surface area is 146 Å². The van der Waals surface area contributed by atoms with Crippen LogP contribution in [0.15, 0.2) is 29.1 Å². The summed E-state index contributed by atoms with van der Waals surface area (Å²) in [4.78, 5) is 19.1. The maximum atomic E-state index is 12.3. The fraction of sp³-hybridized carbons (Fsp3) is 0.500. The molecule has 2 aromatic heterocycles. The van der Waals surface area contributed by atoms with Crippen LogP contribution in [0.2, 0.25) is 0 Å². The van der Waals surface area contributed by atoms with E-state index in [0.717, 1.165) is 49.6 Å². The molecule has 7 nitrogen and oxygen atoms in total. The number of morpholine rings is 1. The highest BCUT2D eigenvalue weighted by molar-refractivity contribution is 5.95. The molecule has 132 valence electrons. The van der Waals surface area contributed by atoms with E-state index in [9.17, 15) is 4.79 Å². The molecule has 1 aliphatic carbocycles. The second-order valence-corrected chi connectivity index (χ2v) is 6.72. The van der Waals surface area contributed by atoms with E-state index in [4.69, 9.17) is 9.26 Å². The molecule has 2 aromatic rings. The molecule has 1 saturated carbocycles. The Morgan fingerprint density at radius 3 is 3.00 bits per heavy atom. The molecule has 1 unspecified atom stereocenters.